The van der Waals surface area contributed by atoms with Gasteiger partial charge in [-0.05, 0) is 56.2 Å². The molecule has 0 spiro atoms. The summed E-state index contributed by atoms with van der Waals surface area (Å²) in [5.74, 6) is 1.74. The van der Waals surface area contributed by atoms with Crippen LogP contribution in [0.3, 0.4) is 0 Å². The van der Waals surface area contributed by atoms with Crippen LogP contribution in [0.1, 0.15) is 103 Å². The molecule has 5 heteroatoms. The summed E-state index contributed by atoms with van der Waals surface area (Å²) in [6.07, 6.45) is 7.88. The van der Waals surface area contributed by atoms with Gasteiger partial charge in [0.05, 0.1) is 6.10 Å². The molecule has 1 fully saturated rings. The van der Waals surface area contributed by atoms with Gasteiger partial charge in [-0.2, -0.15) is 0 Å². The predicted octanol–water partition coefficient (Wildman–Crippen LogP) is 5.57. The van der Waals surface area contributed by atoms with Crippen molar-refractivity contribution in [2.24, 2.45) is 0 Å². The lowest BCUT2D eigenvalue weighted by Crippen LogP contribution is -2.34. The van der Waals surface area contributed by atoms with Crippen LogP contribution >= 0.6 is 0 Å². The minimum Gasteiger partial charge on any atom is -0.487 e. The highest BCUT2D eigenvalue weighted by Gasteiger charge is 2.43. The summed E-state index contributed by atoms with van der Waals surface area (Å²) in [6, 6.07) is 4.31. The Bertz CT molecular complexity index is 771. The van der Waals surface area contributed by atoms with Crippen LogP contribution in [0.15, 0.2) is 12.1 Å². The molecule has 3 atom stereocenters. The number of nitrogens with zero attached hydrogens (tertiary/aromatic N) is 1. The van der Waals surface area contributed by atoms with Gasteiger partial charge < -0.3 is 19.5 Å². The van der Waals surface area contributed by atoms with E-state index in [9.17, 15) is 9.90 Å². The van der Waals surface area contributed by atoms with Crippen LogP contribution in [0, 0.1) is 0 Å². The largest absolute Gasteiger partial charge is 0.487 e. The van der Waals surface area contributed by atoms with Gasteiger partial charge >= 0.3 is 0 Å². The van der Waals surface area contributed by atoms with Crippen molar-refractivity contribution in [3.63, 3.8) is 0 Å². The van der Waals surface area contributed by atoms with Gasteiger partial charge in [-0.1, -0.05) is 52.9 Å². The first-order valence-electron chi connectivity index (χ1n) is 12.8. The van der Waals surface area contributed by atoms with Crippen molar-refractivity contribution in [1.82, 2.24) is 4.90 Å². The van der Waals surface area contributed by atoms with Crippen LogP contribution in [-0.2, 0) is 10.2 Å². The summed E-state index contributed by atoms with van der Waals surface area (Å²) in [7, 11) is 0. The molecule has 2 aliphatic rings. The number of carbonyl (C=O) groups is 1. The highest BCUT2D eigenvalue weighted by atomic mass is 16.5. The lowest BCUT2D eigenvalue weighted by Gasteiger charge is -2.27. The third-order valence-corrected chi connectivity index (χ3v) is 7.43. The molecule has 1 saturated carbocycles. The zero-order valence-electron chi connectivity index (χ0n) is 20.8. The topological polar surface area (TPSA) is 59.0 Å². The van der Waals surface area contributed by atoms with Gasteiger partial charge in [-0.15, -0.1) is 0 Å². The molecule has 3 rings (SSSR count). The Hall–Kier alpha value is -1.75. The number of unbranched alkanes of at least 4 members (excludes halogenated alkanes) is 2. The molecule has 1 N–H and O–H groups in total. The fourth-order valence-corrected chi connectivity index (χ4v) is 5.27. The maximum atomic E-state index is 12.7. The number of fused-ring (bicyclic) bond motifs is 3. The highest BCUT2D eigenvalue weighted by molar-refractivity contribution is 5.77. The van der Waals surface area contributed by atoms with Gasteiger partial charge in [-0.25, -0.2) is 0 Å². The van der Waals surface area contributed by atoms with E-state index in [0.717, 1.165) is 49.2 Å². The zero-order valence-corrected chi connectivity index (χ0v) is 20.8. The second-order valence-electron chi connectivity index (χ2n) is 10.1. The number of carbonyl (C=O) groups excluding carboxylic acids is 1. The van der Waals surface area contributed by atoms with E-state index >= 15 is 0 Å². The zero-order chi connectivity index (χ0) is 23.3. The molecule has 180 valence electrons. The van der Waals surface area contributed by atoms with Crippen LogP contribution in [0.5, 0.6) is 11.5 Å². The van der Waals surface area contributed by atoms with Crippen molar-refractivity contribution in [3.05, 3.63) is 23.3 Å². The number of hydrogen-bond acceptors (Lipinski definition) is 4. The predicted molar refractivity (Wildman–Crippen MR) is 129 cm³/mol. The first kappa shape index (κ1) is 24.9. The molecular formula is C27H43NO4. The Morgan fingerprint density at radius 2 is 1.88 bits per heavy atom. The van der Waals surface area contributed by atoms with E-state index in [0.29, 0.717) is 13.1 Å². The van der Waals surface area contributed by atoms with Crippen LogP contribution in [-0.4, -0.2) is 47.8 Å². The summed E-state index contributed by atoms with van der Waals surface area (Å²) in [6.45, 7) is 12.2. The molecule has 0 saturated heterocycles. The van der Waals surface area contributed by atoms with E-state index in [1.54, 1.807) is 4.90 Å². The Morgan fingerprint density at radius 3 is 2.56 bits per heavy atom. The summed E-state index contributed by atoms with van der Waals surface area (Å²) < 4.78 is 12.6. The molecule has 0 bridgehead atoms. The standard InChI is InChI=1S/C27H43NO4/c1-6-9-12-15-27(4,5)19-16-22(31-18-24(30)28(7-2)8-3)25-20-13-10-11-14-21(29)26(20)32-23(25)17-19/h16-17,20-21,26,29H,6-15,18H2,1-5H3. The van der Waals surface area contributed by atoms with E-state index in [4.69, 9.17) is 9.47 Å². The van der Waals surface area contributed by atoms with Gasteiger partial charge in [0.15, 0.2) is 6.61 Å². The molecule has 1 aliphatic heterocycles. The number of likely N-dealkylation sites (N-methyl/N-ethyl adjacent to an activating group) is 1. The monoisotopic (exact) mass is 445 g/mol. The lowest BCUT2D eigenvalue weighted by molar-refractivity contribution is -0.132. The molecular weight excluding hydrogens is 402 g/mol. The van der Waals surface area contributed by atoms with Crippen molar-refractivity contribution >= 4 is 5.91 Å². The second kappa shape index (κ2) is 10.9. The quantitative estimate of drug-likeness (QED) is 0.478. The number of aliphatic hydroxyl groups is 1. The van der Waals surface area contributed by atoms with Crippen LogP contribution < -0.4 is 9.47 Å². The number of hydrogen-bond donors (Lipinski definition) is 1. The minimum atomic E-state index is -0.457. The van der Waals surface area contributed by atoms with Crippen LogP contribution in [0.4, 0.5) is 0 Å². The Balaban J connectivity index is 1.94. The Morgan fingerprint density at radius 1 is 1.16 bits per heavy atom. The molecule has 1 amide bonds. The molecule has 1 aliphatic carbocycles. The minimum absolute atomic E-state index is 0.00715. The fraction of sp³-hybridized carbons (Fsp3) is 0.741. The number of aliphatic hydroxyl groups excluding tert-OH is 1. The Labute approximate surface area is 194 Å². The lowest BCUT2D eigenvalue weighted by atomic mass is 9.78. The van der Waals surface area contributed by atoms with Crippen molar-refractivity contribution in [3.8, 4) is 11.5 Å². The molecule has 5 nitrogen and oxygen atoms in total. The third-order valence-electron chi connectivity index (χ3n) is 7.43. The number of benzene rings is 1. The van der Waals surface area contributed by atoms with E-state index in [2.05, 4.69) is 32.9 Å². The molecule has 1 aromatic rings. The average molecular weight is 446 g/mol. The summed E-state index contributed by atoms with van der Waals surface area (Å²) in [5.41, 5.74) is 2.22. The van der Waals surface area contributed by atoms with E-state index in [-0.39, 0.29) is 30.0 Å². The highest BCUT2D eigenvalue weighted by Crippen LogP contribution is 2.51. The maximum Gasteiger partial charge on any atom is 0.260 e. The number of rotatable bonds is 10. The molecule has 1 aromatic carbocycles. The molecule has 32 heavy (non-hydrogen) atoms. The number of amides is 1. The number of ether oxygens (including phenoxy) is 2. The smallest absolute Gasteiger partial charge is 0.260 e. The van der Waals surface area contributed by atoms with Crippen LogP contribution in [0.2, 0.25) is 0 Å². The Kier molecular flexibility index (Phi) is 8.49. The first-order chi connectivity index (χ1) is 15.3. The van der Waals surface area contributed by atoms with Crippen molar-refractivity contribution in [2.45, 2.75) is 110 Å². The summed E-state index contributed by atoms with van der Waals surface area (Å²) in [4.78, 5) is 14.5. The molecule has 3 unspecified atom stereocenters. The second-order valence-corrected chi connectivity index (χ2v) is 10.1. The van der Waals surface area contributed by atoms with Crippen molar-refractivity contribution in [1.29, 1.82) is 0 Å². The summed E-state index contributed by atoms with van der Waals surface area (Å²) >= 11 is 0. The third kappa shape index (κ3) is 5.41. The normalized spacial score (nSPS) is 22.5. The SMILES string of the molecule is CCCCCC(C)(C)c1cc(OCC(=O)N(CC)CC)c2c(c1)OC1C(O)CCCCC21. The first-order valence-corrected chi connectivity index (χ1v) is 12.8. The molecule has 1 heterocycles. The van der Waals surface area contributed by atoms with Gasteiger partial charge in [0, 0.05) is 24.6 Å². The average Bonchev–Trinajstić information content (AvgIpc) is 3.05. The van der Waals surface area contributed by atoms with Crippen molar-refractivity contribution in [2.75, 3.05) is 19.7 Å². The summed E-state index contributed by atoms with van der Waals surface area (Å²) in [5, 5.41) is 10.7. The van der Waals surface area contributed by atoms with Gasteiger partial charge in [-0.3, -0.25) is 4.79 Å². The van der Waals surface area contributed by atoms with Gasteiger partial charge in [0.25, 0.3) is 5.91 Å². The molecule has 0 aromatic heterocycles. The molecule has 0 radical (unpaired) electrons. The van der Waals surface area contributed by atoms with E-state index in [1.807, 2.05) is 13.8 Å². The fourth-order valence-electron chi connectivity index (χ4n) is 5.27. The maximum absolute atomic E-state index is 12.7. The van der Waals surface area contributed by atoms with Crippen molar-refractivity contribution < 1.29 is 19.4 Å². The van der Waals surface area contributed by atoms with E-state index < -0.39 is 6.10 Å². The van der Waals surface area contributed by atoms with E-state index in [1.165, 1.54) is 24.8 Å². The van der Waals surface area contributed by atoms with Gasteiger partial charge in [0.1, 0.15) is 17.6 Å². The van der Waals surface area contributed by atoms with Gasteiger partial charge in [0.2, 0.25) is 0 Å². The van der Waals surface area contributed by atoms with Crippen LogP contribution in [0.25, 0.3) is 0 Å².